The maximum Gasteiger partial charge on any atom is 0.0394 e. The van der Waals surface area contributed by atoms with E-state index in [9.17, 15) is 0 Å². The molecule has 0 aliphatic carbocycles. The Labute approximate surface area is 134 Å². The van der Waals surface area contributed by atoms with Crippen molar-refractivity contribution in [3.05, 3.63) is 82.9 Å². The van der Waals surface area contributed by atoms with E-state index in [2.05, 4.69) is 67.8 Å². The van der Waals surface area contributed by atoms with Crippen molar-refractivity contribution >= 4 is 0 Å². The molecular formula is C21H25N. The molecule has 2 aromatic rings. The number of hydrogen-bond acceptors (Lipinski definition) is 1. The molecule has 0 saturated carbocycles. The van der Waals surface area contributed by atoms with Gasteiger partial charge in [-0.1, -0.05) is 59.7 Å². The van der Waals surface area contributed by atoms with E-state index in [1.807, 2.05) is 6.08 Å². The average Bonchev–Trinajstić information content (AvgIpc) is 2.51. The lowest BCUT2D eigenvalue weighted by atomic mass is 9.87. The zero-order valence-electron chi connectivity index (χ0n) is 13.7. The van der Waals surface area contributed by atoms with Crippen LogP contribution in [-0.4, -0.2) is 18.0 Å². The van der Waals surface area contributed by atoms with Crippen molar-refractivity contribution < 1.29 is 0 Å². The highest BCUT2D eigenvalue weighted by atomic mass is 15.2. The molecule has 1 heterocycles. The molecule has 1 atom stereocenters. The maximum atomic E-state index is 3.94. The molecule has 1 nitrogen and oxygen atoms in total. The lowest BCUT2D eigenvalue weighted by Gasteiger charge is -2.37. The second kappa shape index (κ2) is 6.50. The molecule has 2 aromatic carbocycles. The fraction of sp³-hybridized carbons (Fsp3) is 0.333. The van der Waals surface area contributed by atoms with Crippen LogP contribution in [0.5, 0.6) is 0 Å². The van der Waals surface area contributed by atoms with Crippen molar-refractivity contribution in [2.75, 3.05) is 13.1 Å². The Morgan fingerprint density at radius 3 is 2.55 bits per heavy atom. The summed E-state index contributed by atoms with van der Waals surface area (Å²) in [6, 6.07) is 16.4. The van der Waals surface area contributed by atoms with E-state index in [1.165, 1.54) is 27.8 Å². The Morgan fingerprint density at radius 2 is 1.82 bits per heavy atom. The summed E-state index contributed by atoms with van der Waals surface area (Å²) in [5, 5.41) is 0. The molecule has 1 aliphatic heterocycles. The summed E-state index contributed by atoms with van der Waals surface area (Å²) in [5.74, 6) is 0. The first-order valence-electron chi connectivity index (χ1n) is 8.17. The molecular weight excluding hydrogens is 266 g/mol. The zero-order valence-corrected chi connectivity index (χ0v) is 13.7. The summed E-state index contributed by atoms with van der Waals surface area (Å²) < 4.78 is 0. The van der Waals surface area contributed by atoms with Gasteiger partial charge in [-0.2, -0.15) is 0 Å². The largest absolute Gasteiger partial charge is 0.292 e. The van der Waals surface area contributed by atoms with Crippen molar-refractivity contribution in [1.82, 2.24) is 4.90 Å². The molecule has 0 spiro atoms. The molecule has 0 bridgehead atoms. The van der Waals surface area contributed by atoms with Crippen LogP contribution in [0.3, 0.4) is 0 Å². The predicted octanol–water partition coefficient (Wildman–Crippen LogP) is 4.63. The Morgan fingerprint density at radius 1 is 1.09 bits per heavy atom. The van der Waals surface area contributed by atoms with E-state index < -0.39 is 0 Å². The zero-order chi connectivity index (χ0) is 15.5. The first-order chi connectivity index (χ1) is 10.7. The summed E-state index contributed by atoms with van der Waals surface area (Å²) in [5.41, 5.74) is 7.13. The fourth-order valence-corrected chi connectivity index (χ4v) is 3.46. The maximum absolute atomic E-state index is 3.94. The van der Waals surface area contributed by atoms with E-state index in [-0.39, 0.29) is 0 Å². The monoisotopic (exact) mass is 291 g/mol. The molecule has 3 rings (SSSR count). The number of fused-ring (bicyclic) bond motifs is 1. The van der Waals surface area contributed by atoms with Gasteiger partial charge in [0.2, 0.25) is 0 Å². The second-order valence-corrected chi connectivity index (χ2v) is 6.44. The van der Waals surface area contributed by atoms with Gasteiger partial charge in [-0.3, -0.25) is 4.90 Å². The number of benzene rings is 2. The molecule has 0 amide bonds. The average molecular weight is 291 g/mol. The highest BCUT2D eigenvalue weighted by Crippen LogP contribution is 2.33. The van der Waals surface area contributed by atoms with Gasteiger partial charge in [-0.05, 0) is 43.4 Å². The van der Waals surface area contributed by atoms with Crippen LogP contribution in [-0.2, 0) is 12.8 Å². The summed E-state index contributed by atoms with van der Waals surface area (Å²) in [7, 11) is 0. The van der Waals surface area contributed by atoms with Gasteiger partial charge < -0.3 is 0 Å². The van der Waals surface area contributed by atoms with E-state index in [4.69, 9.17) is 0 Å². The van der Waals surface area contributed by atoms with Crippen LogP contribution in [0.15, 0.2) is 55.1 Å². The minimum absolute atomic E-state index is 0.463. The predicted molar refractivity (Wildman–Crippen MR) is 94.3 cm³/mol. The summed E-state index contributed by atoms with van der Waals surface area (Å²) in [4.78, 5) is 2.56. The Hall–Kier alpha value is -1.86. The van der Waals surface area contributed by atoms with Gasteiger partial charge in [0.1, 0.15) is 0 Å². The molecule has 1 aliphatic rings. The molecule has 0 radical (unpaired) electrons. The normalized spacial score (nSPS) is 18.0. The quantitative estimate of drug-likeness (QED) is 0.742. The van der Waals surface area contributed by atoms with Gasteiger partial charge in [0, 0.05) is 19.1 Å². The smallest absolute Gasteiger partial charge is 0.0394 e. The van der Waals surface area contributed by atoms with Gasteiger partial charge in [0.25, 0.3) is 0 Å². The molecule has 114 valence electrons. The van der Waals surface area contributed by atoms with Crippen molar-refractivity contribution in [3.63, 3.8) is 0 Å². The van der Waals surface area contributed by atoms with E-state index in [0.29, 0.717) is 6.04 Å². The van der Waals surface area contributed by atoms with Gasteiger partial charge in [0.05, 0.1) is 0 Å². The molecule has 0 saturated heterocycles. The summed E-state index contributed by atoms with van der Waals surface area (Å²) in [6.45, 7) is 10.4. The van der Waals surface area contributed by atoms with Gasteiger partial charge in [-0.25, -0.2) is 0 Å². The molecule has 0 N–H and O–H groups in total. The van der Waals surface area contributed by atoms with Crippen molar-refractivity contribution in [2.45, 2.75) is 32.7 Å². The van der Waals surface area contributed by atoms with E-state index in [0.717, 1.165) is 25.9 Å². The lowest BCUT2D eigenvalue weighted by Crippen LogP contribution is -2.36. The molecule has 1 heteroatoms. The van der Waals surface area contributed by atoms with Gasteiger partial charge >= 0.3 is 0 Å². The molecule has 22 heavy (non-hydrogen) atoms. The fourth-order valence-electron chi connectivity index (χ4n) is 3.46. The summed E-state index contributed by atoms with van der Waals surface area (Å²) in [6.07, 6.45) is 4.25. The lowest BCUT2D eigenvalue weighted by molar-refractivity contribution is 0.204. The van der Waals surface area contributed by atoms with Crippen molar-refractivity contribution in [3.8, 4) is 0 Å². The van der Waals surface area contributed by atoms with Crippen molar-refractivity contribution in [2.24, 2.45) is 0 Å². The van der Waals surface area contributed by atoms with Crippen LogP contribution >= 0.6 is 0 Å². The third kappa shape index (κ3) is 3.15. The molecule has 0 fully saturated rings. The van der Waals surface area contributed by atoms with Crippen LogP contribution in [0.2, 0.25) is 0 Å². The van der Waals surface area contributed by atoms with Gasteiger partial charge in [0.15, 0.2) is 0 Å². The first kappa shape index (κ1) is 15.1. The molecule has 0 unspecified atom stereocenters. The number of aryl methyl sites for hydroxylation is 2. The van der Waals surface area contributed by atoms with Crippen LogP contribution in [0.4, 0.5) is 0 Å². The van der Waals surface area contributed by atoms with Crippen LogP contribution < -0.4 is 0 Å². The number of rotatable bonds is 4. The number of hydrogen-bond donors (Lipinski definition) is 0. The third-order valence-electron chi connectivity index (χ3n) is 4.68. The topological polar surface area (TPSA) is 3.24 Å². The Bertz CT molecular complexity index is 654. The van der Waals surface area contributed by atoms with Crippen LogP contribution in [0.1, 0.15) is 33.9 Å². The summed E-state index contributed by atoms with van der Waals surface area (Å²) >= 11 is 0. The van der Waals surface area contributed by atoms with E-state index >= 15 is 0 Å². The molecule has 0 aromatic heterocycles. The number of nitrogens with zero attached hydrogens (tertiary/aromatic N) is 1. The Balaban J connectivity index is 1.93. The standard InChI is InChI=1S/C21H25N/c1-4-12-22-13-11-19-14-17(3)7-10-20(19)21(22)15-18-8-5-16(2)6-9-18/h4-10,14,21H,1,11-13,15H2,2-3H3/t21-/m1/s1. The first-order valence-corrected chi connectivity index (χ1v) is 8.17. The third-order valence-corrected chi connectivity index (χ3v) is 4.68. The minimum atomic E-state index is 0.463. The highest BCUT2D eigenvalue weighted by molar-refractivity contribution is 5.37. The Kier molecular flexibility index (Phi) is 4.44. The van der Waals surface area contributed by atoms with Crippen molar-refractivity contribution in [1.29, 1.82) is 0 Å². The minimum Gasteiger partial charge on any atom is -0.292 e. The second-order valence-electron chi connectivity index (χ2n) is 6.44. The van der Waals surface area contributed by atoms with Gasteiger partial charge in [-0.15, -0.1) is 6.58 Å². The van der Waals surface area contributed by atoms with Crippen LogP contribution in [0, 0.1) is 13.8 Å². The van der Waals surface area contributed by atoms with E-state index in [1.54, 1.807) is 0 Å². The SMILES string of the molecule is C=CCN1CCc2cc(C)ccc2[C@H]1Cc1ccc(C)cc1. The van der Waals surface area contributed by atoms with Crippen LogP contribution in [0.25, 0.3) is 0 Å². The highest BCUT2D eigenvalue weighted by Gasteiger charge is 2.26.